The Morgan fingerprint density at radius 1 is 0.774 bits per heavy atom. The van der Waals surface area contributed by atoms with Crippen LogP contribution >= 0.6 is 11.3 Å². The third-order valence-corrected chi connectivity index (χ3v) is 5.78. The molecule has 0 saturated carbocycles. The Morgan fingerprint density at radius 2 is 1.39 bits per heavy atom. The fraction of sp³-hybridized carbons (Fsp3) is 0. The predicted octanol–water partition coefficient (Wildman–Crippen LogP) is 6.81. The van der Waals surface area contributed by atoms with Crippen LogP contribution < -0.4 is 0 Å². The Balaban J connectivity index is 1.62. The number of hydrogen-bond donors (Lipinski definition) is 0. The van der Waals surface area contributed by atoms with Gasteiger partial charge in [0, 0.05) is 23.4 Å². The van der Waals surface area contributed by atoms with Crippen LogP contribution in [0.3, 0.4) is 0 Å². The van der Waals surface area contributed by atoms with Gasteiger partial charge >= 0.3 is 0 Å². The van der Waals surface area contributed by atoms with Crippen LogP contribution in [-0.4, -0.2) is 15.7 Å². The van der Waals surface area contributed by atoms with Gasteiger partial charge < -0.3 is 0 Å². The van der Waals surface area contributed by atoms with Crippen LogP contribution in [0, 0.1) is 11.6 Å². The van der Waals surface area contributed by atoms with Gasteiger partial charge in [0.15, 0.2) is 5.82 Å². The topological polar surface area (TPSA) is 38.1 Å². The Morgan fingerprint density at radius 3 is 2.00 bits per heavy atom. The average Bonchev–Trinajstić information content (AvgIpc) is 3.21. The van der Waals surface area contributed by atoms with Crippen molar-refractivity contribution in [1.82, 2.24) is 9.97 Å². The molecule has 0 aliphatic carbocycles. The molecule has 31 heavy (non-hydrogen) atoms. The van der Waals surface area contributed by atoms with E-state index in [4.69, 9.17) is 4.99 Å². The van der Waals surface area contributed by atoms with E-state index in [-0.39, 0.29) is 10.6 Å². The van der Waals surface area contributed by atoms with Gasteiger partial charge in [0.05, 0.1) is 21.5 Å². The smallest absolute Gasteiger partial charge is 0.154 e. The van der Waals surface area contributed by atoms with Gasteiger partial charge in [-0.25, -0.2) is 23.7 Å². The number of rotatable bonds is 4. The Hall–Kier alpha value is -3.77. The first-order valence-electron chi connectivity index (χ1n) is 9.59. The molecule has 150 valence electrons. The van der Waals surface area contributed by atoms with Crippen LogP contribution in [0.5, 0.6) is 0 Å². The molecular weight excluding hydrogens is 412 g/mol. The minimum absolute atomic E-state index is 0.122. The van der Waals surface area contributed by atoms with Gasteiger partial charge in [0.25, 0.3) is 0 Å². The summed E-state index contributed by atoms with van der Waals surface area (Å²) in [5.74, 6) is -0.803. The van der Waals surface area contributed by atoms with Crippen LogP contribution in [0.25, 0.3) is 20.8 Å². The minimum atomic E-state index is -0.638. The molecule has 0 atom stereocenters. The number of hydrogen-bond acceptors (Lipinski definition) is 4. The lowest BCUT2D eigenvalue weighted by Gasteiger charge is -2.07. The summed E-state index contributed by atoms with van der Waals surface area (Å²) in [5.41, 5.74) is 3.18. The van der Waals surface area contributed by atoms with E-state index >= 15 is 0 Å². The summed E-state index contributed by atoms with van der Waals surface area (Å²) in [4.78, 5) is 13.7. The van der Waals surface area contributed by atoms with E-state index in [0.717, 1.165) is 21.5 Å². The maximum absolute atomic E-state index is 14.2. The first-order chi connectivity index (χ1) is 15.2. The molecule has 0 unspecified atom stereocenters. The molecule has 2 aromatic heterocycles. The van der Waals surface area contributed by atoms with Crippen LogP contribution in [0.2, 0.25) is 0 Å². The van der Waals surface area contributed by atoms with E-state index in [1.54, 1.807) is 12.3 Å². The van der Waals surface area contributed by atoms with Crippen molar-refractivity contribution in [3.8, 4) is 10.6 Å². The fourth-order valence-corrected chi connectivity index (χ4v) is 4.26. The summed E-state index contributed by atoms with van der Waals surface area (Å²) in [6.07, 6.45) is 1.64. The van der Waals surface area contributed by atoms with Gasteiger partial charge in [-0.1, -0.05) is 66.7 Å². The highest BCUT2D eigenvalue weighted by atomic mass is 32.1. The van der Waals surface area contributed by atoms with Crippen LogP contribution in [0.1, 0.15) is 11.1 Å². The van der Waals surface area contributed by atoms with Gasteiger partial charge in [-0.2, -0.15) is 0 Å². The highest BCUT2D eigenvalue weighted by Gasteiger charge is 2.16. The second-order valence-corrected chi connectivity index (χ2v) is 7.85. The molecule has 3 aromatic carbocycles. The number of fused-ring (bicyclic) bond motifs is 1. The molecule has 0 bridgehead atoms. The van der Waals surface area contributed by atoms with Crippen LogP contribution in [-0.2, 0) is 0 Å². The summed E-state index contributed by atoms with van der Waals surface area (Å²) in [5, 5.41) is 0.278. The zero-order valence-corrected chi connectivity index (χ0v) is 17.0. The Labute approximate surface area is 181 Å². The van der Waals surface area contributed by atoms with E-state index < -0.39 is 11.6 Å². The third-order valence-electron chi connectivity index (χ3n) is 4.76. The predicted molar refractivity (Wildman–Crippen MR) is 121 cm³/mol. The van der Waals surface area contributed by atoms with Crippen molar-refractivity contribution < 1.29 is 8.78 Å². The number of aromatic nitrogens is 2. The number of benzene rings is 3. The van der Waals surface area contributed by atoms with E-state index in [1.807, 2.05) is 60.7 Å². The molecule has 0 saturated heterocycles. The molecule has 0 amide bonds. The molecule has 0 aliphatic rings. The van der Waals surface area contributed by atoms with Crippen molar-refractivity contribution >= 4 is 33.1 Å². The number of aliphatic imine (C=N–C) groups is 1. The Kier molecular flexibility index (Phi) is 5.06. The molecule has 3 nitrogen and oxygen atoms in total. The molecule has 0 radical (unpaired) electrons. The number of nitrogens with zero attached hydrogens (tertiary/aromatic N) is 3. The largest absolute Gasteiger partial charge is 0.236 e. The van der Waals surface area contributed by atoms with Crippen molar-refractivity contribution in [2.75, 3.05) is 0 Å². The van der Waals surface area contributed by atoms with Gasteiger partial charge in [-0.3, -0.25) is 0 Å². The van der Waals surface area contributed by atoms with Crippen LogP contribution in [0.4, 0.5) is 14.6 Å². The summed E-state index contributed by atoms with van der Waals surface area (Å²) in [6, 6.07) is 25.2. The lowest BCUT2D eigenvalue weighted by atomic mass is 10.0. The molecule has 0 aliphatic heterocycles. The van der Waals surface area contributed by atoms with E-state index in [2.05, 4.69) is 9.97 Å². The third kappa shape index (κ3) is 3.85. The molecule has 5 aromatic rings. The average molecular weight is 427 g/mol. The summed E-state index contributed by atoms with van der Waals surface area (Å²) < 4.78 is 29.1. The normalized spacial score (nSPS) is 10.9. The quantitative estimate of drug-likeness (QED) is 0.296. The van der Waals surface area contributed by atoms with Crippen molar-refractivity contribution in [1.29, 1.82) is 0 Å². The minimum Gasteiger partial charge on any atom is -0.236 e. The fourth-order valence-electron chi connectivity index (χ4n) is 3.30. The molecule has 2 heterocycles. The molecule has 0 spiro atoms. The highest BCUT2D eigenvalue weighted by Crippen LogP contribution is 2.34. The zero-order chi connectivity index (χ0) is 21.2. The van der Waals surface area contributed by atoms with E-state index in [1.165, 1.54) is 29.5 Å². The molecular formula is C25H15F2N3S. The van der Waals surface area contributed by atoms with Gasteiger partial charge in [0.2, 0.25) is 0 Å². The van der Waals surface area contributed by atoms with Gasteiger partial charge in [-0.05, 0) is 12.1 Å². The maximum atomic E-state index is 14.2. The van der Waals surface area contributed by atoms with Crippen molar-refractivity contribution in [3.63, 3.8) is 0 Å². The van der Waals surface area contributed by atoms with E-state index in [0.29, 0.717) is 11.3 Å². The number of thiazole rings is 1. The second-order valence-electron chi connectivity index (χ2n) is 6.82. The lowest BCUT2D eigenvalue weighted by molar-refractivity contribution is 0.589. The first kappa shape index (κ1) is 19.2. The van der Waals surface area contributed by atoms with Crippen molar-refractivity contribution in [2.45, 2.75) is 0 Å². The molecule has 0 fully saturated rings. The SMILES string of the molecule is Fc1cccc(F)c1-c1nc2cc(N=C(c3ccccc3)c3ccccc3)ncc2s1. The second kappa shape index (κ2) is 8.16. The number of pyridine rings is 1. The number of halogens is 2. The highest BCUT2D eigenvalue weighted by molar-refractivity contribution is 7.21. The van der Waals surface area contributed by atoms with Crippen molar-refractivity contribution in [3.05, 3.63) is 114 Å². The summed E-state index contributed by atoms with van der Waals surface area (Å²) >= 11 is 1.20. The lowest BCUT2D eigenvalue weighted by Crippen LogP contribution is -2.02. The molecule has 6 heteroatoms. The van der Waals surface area contributed by atoms with Gasteiger partial charge in [0.1, 0.15) is 16.6 Å². The zero-order valence-electron chi connectivity index (χ0n) is 16.2. The van der Waals surface area contributed by atoms with Crippen LogP contribution in [0.15, 0.2) is 96.1 Å². The monoisotopic (exact) mass is 427 g/mol. The van der Waals surface area contributed by atoms with Crippen molar-refractivity contribution in [2.24, 2.45) is 4.99 Å². The standard InChI is InChI=1S/C25H15F2N3S/c26-18-12-7-13-19(27)23(18)25-29-20-14-22(28-15-21(20)31-25)30-24(16-8-3-1-4-9-16)17-10-5-2-6-11-17/h1-15H. The summed E-state index contributed by atoms with van der Waals surface area (Å²) in [7, 11) is 0. The van der Waals surface area contributed by atoms with Gasteiger partial charge in [-0.15, -0.1) is 11.3 Å². The van der Waals surface area contributed by atoms with E-state index in [9.17, 15) is 8.78 Å². The molecule has 0 N–H and O–H groups in total. The Bertz CT molecular complexity index is 1340. The first-order valence-corrected chi connectivity index (χ1v) is 10.4. The maximum Gasteiger partial charge on any atom is 0.154 e. The summed E-state index contributed by atoms with van der Waals surface area (Å²) in [6.45, 7) is 0. The molecule has 5 rings (SSSR count).